The standard InChI is InChI=1S/C24H25ClN2O/c1-2-19-9-11-20(12-10-19)17-27(18-21-6-5-15-26-16-21)24(28)14-13-22-7-3-4-8-23(22)25/h3-12,15-16H,2,13-14,17-18H2,1H3. The molecule has 2 aromatic carbocycles. The lowest BCUT2D eigenvalue weighted by atomic mass is 10.1. The minimum atomic E-state index is 0.114. The van der Waals surface area contributed by atoms with Gasteiger partial charge in [-0.2, -0.15) is 0 Å². The zero-order chi connectivity index (χ0) is 19.8. The van der Waals surface area contributed by atoms with Crippen LogP contribution in [0, 0.1) is 0 Å². The van der Waals surface area contributed by atoms with Crippen LogP contribution in [-0.4, -0.2) is 15.8 Å². The average molecular weight is 393 g/mol. The fourth-order valence-corrected chi connectivity index (χ4v) is 3.38. The van der Waals surface area contributed by atoms with Crippen molar-refractivity contribution in [3.8, 4) is 0 Å². The van der Waals surface area contributed by atoms with Crippen LogP contribution in [0.5, 0.6) is 0 Å². The van der Waals surface area contributed by atoms with Gasteiger partial charge in [-0.1, -0.05) is 67.1 Å². The van der Waals surface area contributed by atoms with E-state index in [0.717, 1.165) is 23.1 Å². The molecular formula is C24H25ClN2O. The predicted octanol–water partition coefficient (Wildman–Crippen LogP) is 5.46. The summed E-state index contributed by atoms with van der Waals surface area (Å²) in [6, 6.07) is 20.1. The molecule has 0 aliphatic carbocycles. The Morgan fingerprint density at radius 3 is 2.32 bits per heavy atom. The highest BCUT2D eigenvalue weighted by Gasteiger charge is 2.15. The number of amides is 1. The lowest BCUT2D eigenvalue weighted by Crippen LogP contribution is -2.30. The number of aromatic nitrogens is 1. The van der Waals surface area contributed by atoms with Gasteiger partial charge in [0.15, 0.2) is 0 Å². The highest BCUT2D eigenvalue weighted by atomic mass is 35.5. The van der Waals surface area contributed by atoms with E-state index in [4.69, 9.17) is 11.6 Å². The van der Waals surface area contributed by atoms with Crippen molar-refractivity contribution in [2.45, 2.75) is 39.3 Å². The number of halogens is 1. The van der Waals surface area contributed by atoms with Gasteiger partial charge in [0.25, 0.3) is 0 Å². The van der Waals surface area contributed by atoms with Gasteiger partial charge in [0.1, 0.15) is 0 Å². The molecule has 1 amide bonds. The second-order valence-corrected chi connectivity index (χ2v) is 7.28. The Morgan fingerprint density at radius 2 is 1.64 bits per heavy atom. The van der Waals surface area contributed by atoms with Crippen LogP contribution in [0.4, 0.5) is 0 Å². The van der Waals surface area contributed by atoms with E-state index >= 15 is 0 Å². The maximum absolute atomic E-state index is 13.0. The molecule has 3 aromatic rings. The fourth-order valence-electron chi connectivity index (χ4n) is 3.15. The van der Waals surface area contributed by atoms with E-state index in [0.29, 0.717) is 31.0 Å². The van der Waals surface area contributed by atoms with Crippen LogP contribution < -0.4 is 0 Å². The van der Waals surface area contributed by atoms with Crippen molar-refractivity contribution in [3.63, 3.8) is 0 Å². The molecule has 0 fully saturated rings. The van der Waals surface area contributed by atoms with Crippen LogP contribution >= 0.6 is 11.6 Å². The summed E-state index contributed by atoms with van der Waals surface area (Å²) in [5.41, 5.74) is 4.46. The number of carbonyl (C=O) groups is 1. The number of hydrogen-bond donors (Lipinski definition) is 0. The predicted molar refractivity (Wildman–Crippen MR) is 114 cm³/mol. The summed E-state index contributed by atoms with van der Waals surface area (Å²) in [4.78, 5) is 19.1. The number of nitrogens with zero attached hydrogens (tertiary/aromatic N) is 2. The molecule has 144 valence electrons. The van der Waals surface area contributed by atoms with Crippen LogP contribution in [0.15, 0.2) is 73.1 Å². The third-order valence-electron chi connectivity index (χ3n) is 4.82. The molecule has 0 aliphatic heterocycles. The first-order chi connectivity index (χ1) is 13.7. The summed E-state index contributed by atoms with van der Waals surface area (Å²) in [7, 11) is 0. The molecule has 0 saturated heterocycles. The Labute approximate surface area is 172 Å². The smallest absolute Gasteiger partial charge is 0.223 e. The molecule has 3 nitrogen and oxygen atoms in total. The monoisotopic (exact) mass is 392 g/mol. The first kappa shape index (κ1) is 20.1. The normalized spacial score (nSPS) is 10.6. The summed E-state index contributed by atoms with van der Waals surface area (Å²) < 4.78 is 0. The van der Waals surface area contributed by atoms with E-state index in [1.54, 1.807) is 6.20 Å². The molecular weight excluding hydrogens is 368 g/mol. The van der Waals surface area contributed by atoms with Gasteiger partial charge in [-0.3, -0.25) is 9.78 Å². The molecule has 0 bridgehead atoms. The zero-order valence-corrected chi connectivity index (χ0v) is 16.9. The maximum Gasteiger partial charge on any atom is 0.223 e. The van der Waals surface area contributed by atoms with E-state index in [1.165, 1.54) is 5.56 Å². The van der Waals surface area contributed by atoms with E-state index in [1.807, 2.05) is 47.5 Å². The van der Waals surface area contributed by atoms with Crippen molar-refractivity contribution in [1.82, 2.24) is 9.88 Å². The number of hydrogen-bond acceptors (Lipinski definition) is 2. The second-order valence-electron chi connectivity index (χ2n) is 6.87. The van der Waals surface area contributed by atoms with E-state index in [9.17, 15) is 4.79 Å². The molecule has 0 saturated carbocycles. The molecule has 0 N–H and O–H groups in total. The van der Waals surface area contributed by atoms with Crippen LogP contribution in [0.3, 0.4) is 0 Å². The van der Waals surface area contributed by atoms with Gasteiger partial charge >= 0.3 is 0 Å². The van der Waals surface area contributed by atoms with Crippen LogP contribution in [-0.2, 0) is 30.7 Å². The summed E-state index contributed by atoms with van der Waals surface area (Å²) in [5, 5.41) is 0.712. The SMILES string of the molecule is CCc1ccc(CN(Cc2cccnc2)C(=O)CCc2ccccc2Cl)cc1. The summed E-state index contributed by atoms with van der Waals surface area (Å²) in [5.74, 6) is 0.114. The van der Waals surface area contributed by atoms with Crippen LogP contribution in [0.2, 0.25) is 5.02 Å². The van der Waals surface area contributed by atoms with Gasteiger partial charge in [0.05, 0.1) is 0 Å². The Kier molecular flexibility index (Phi) is 7.21. The van der Waals surface area contributed by atoms with Crippen molar-refractivity contribution in [2.24, 2.45) is 0 Å². The van der Waals surface area contributed by atoms with E-state index in [-0.39, 0.29) is 5.91 Å². The van der Waals surface area contributed by atoms with Crippen molar-refractivity contribution in [3.05, 3.63) is 100 Å². The Balaban J connectivity index is 1.72. The zero-order valence-electron chi connectivity index (χ0n) is 16.1. The minimum absolute atomic E-state index is 0.114. The molecule has 0 radical (unpaired) electrons. The average Bonchev–Trinajstić information content (AvgIpc) is 2.74. The number of aryl methyl sites for hydroxylation is 2. The van der Waals surface area contributed by atoms with Gasteiger partial charge in [-0.25, -0.2) is 0 Å². The third-order valence-corrected chi connectivity index (χ3v) is 5.19. The highest BCUT2D eigenvalue weighted by Crippen LogP contribution is 2.18. The second kappa shape index (κ2) is 10.0. The Hall–Kier alpha value is -2.65. The van der Waals surface area contributed by atoms with Crippen LogP contribution in [0.1, 0.15) is 35.6 Å². The van der Waals surface area contributed by atoms with Gasteiger partial charge in [0.2, 0.25) is 5.91 Å². The maximum atomic E-state index is 13.0. The van der Waals surface area contributed by atoms with Gasteiger partial charge in [-0.05, 0) is 47.2 Å². The third kappa shape index (κ3) is 5.67. The molecule has 0 atom stereocenters. The number of pyridine rings is 1. The molecule has 3 rings (SSSR count). The summed E-state index contributed by atoms with van der Waals surface area (Å²) in [6.45, 7) is 3.27. The summed E-state index contributed by atoms with van der Waals surface area (Å²) in [6.07, 6.45) is 5.63. The number of benzene rings is 2. The first-order valence-electron chi connectivity index (χ1n) is 9.63. The quantitative estimate of drug-likeness (QED) is 0.510. The van der Waals surface area contributed by atoms with Crippen LogP contribution in [0.25, 0.3) is 0 Å². The lowest BCUT2D eigenvalue weighted by Gasteiger charge is -2.23. The first-order valence-corrected chi connectivity index (χ1v) is 10.0. The molecule has 4 heteroatoms. The van der Waals surface area contributed by atoms with E-state index < -0.39 is 0 Å². The molecule has 0 unspecified atom stereocenters. The molecule has 1 heterocycles. The summed E-state index contributed by atoms with van der Waals surface area (Å²) >= 11 is 6.24. The van der Waals surface area contributed by atoms with Crippen molar-refractivity contribution >= 4 is 17.5 Å². The van der Waals surface area contributed by atoms with Crippen molar-refractivity contribution in [2.75, 3.05) is 0 Å². The number of rotatable bonds is 8. The number of carbonyl (C=O) groups excluding carboxylic acids is 1. The molecule has 28 heavy (non-hydrogen) atoms. The Bertz CT molecular complexity index is 894. The van der Waals surface area contributed by atoms with E-state index in [2.05, 4.69) is 36.2 Å². The highest BCUT2D eigenvalue weighted by molar-refractivity contribution is 6.31. The molecule has 1 aromatic heterocycles. The van der Waals surface area contributed by atoms with Gasteiger partial charge in [0, 0.05) is 36.9 Å². The topological polar surface area (TPSA) is 33.2 Å². The fraction of sp³-hybridized carbons (Fsp3) is 0.250. The minimum Gasteiger partial charge on any atom is -0.334 e. The Morgan fingerprint density at radius 1 is 0.929 bits per heavy atom. The molecule has 0 spiro atoms. The van der Waals surface area contributed by atoms with Gasteiger partial charge < -0.3 is 4.90 Å². The van der Waals surface area contributed by atoms with Gasteiger partial charge in [-0.15, -0.1) is 0 Å². The molecule has 0 aliphatic rings. The lowest BCUT2D eigenvalue weighted by molar-refractivity contribution is -0.132. The van der Waals surface area contributed by atoms with Crippen molar-refractivity contribution in [1.29, 1.82) is 0 Å². The van der Waals surface area contributed by atoms with Crippen molar-refractivity contribution < 1.29 is 4.79 Å². The largest absolute Gasteiger partial charge is 0.334 e.